The normalized spacial score (nSPS) is 19.7. The maximum Gasteiger partial charge on any atom is 0.201 e. The molecule has 0 radical (unpaired) electrons. The Labute approximate surface area is 139 Å². The lowest BCUT2D eigenvalue weighted by atomic mass is 10.1. The van der Waals surface area contributed by atoms with Crippen LogP contribution in [0.3, 0.4) is 0 Å². The monoisotopic (exact) mass is 327 g/mol. The number of anilines is 2. The number of pyridine rings is 1. The molecule has 1 aliphatic rings. The van der Waals surface area contributed by atoms with Crippen molar-refractivity contribution < 1.29 is 0 Å². The molecule has 2 unspecified atom stereocenters. The Kier molecular flexibility index (Phi) is 3.20. The van der Waals surface area contributed by atoms with Crippen LogP contribution in [-0.2, 0) is 0 Å². The van der Waals surface area contributed by atoms with Crippen LogP contribution in [0.1, 0.15) is 29.8 Å². The van der Waals surface area contributed by atoms with Gasteiger partial charge in [-0.25, -0.2) is 9.97 Å². The molecule has 0 fully saturated rings. The first kappa shape index (κ1) is 14.3. The Morgan fingerprint density at radius 1 is 1.17 bits per heavy atom. The number of nitrogens with zero attached hydrogens (tertiary/aromatic N) is 2. The fourth-order valence-electron chi connectivity index (χ4n) is 3.25. The van der Waals surface area contributed by atoms with Crippen molar-refractivity contribution in [1.29, 1.82) is 0 Å². The summed E-state index contributed by atoms with van der Waals surface area (Å²) in [4.78, 5) is 12.5. The number of halogens is 1. The van der Waals surface area contributed by atoms with Gasteiger partial charge in [0, 0.05) is 6.04 Å². The molecule has 1 aromatic carbocycles. The van der Waals surface area contributed by atoms with Crippen LogP contribution < -0.4 is 10.6 Å². The summed E-state index contributed by atoms with van der Waals surface area (Å²) >= 11 is 6.05. The number of rotatable bonds is 2. The molecule has 23 heavy (non-hydrogen) atoms. The van der Waals surface area contributed by atoms with Gasteiger partial charge in [0.1, 0.15) is 5.15 Å². The van der Waals surface area contributed by atoms with E-state index in [1.807, 2.05) is 6.07 Å². The third kappa shape index (κ3) is 2.41. The fourth-order valence-corrected chi connectivity index (χ4v) is 3.41. The van der Waals surface area contributed by atoms with Gasteiger partial charge < -0.3 is 15.6 Å². The summed E-state index contributed by atoms with van der Waals surface area (Å²) in [6, 6.07) is 8.24. The second kappa shape index (κ2) is 5.13. The molecule has 0 spiro atoms. The van der Waals surface area contributed by atoms with Crippen molar-refractivity contribution in [2.24, 2.45) is 0 Å². The Morgan fingerprint density at radius 3 is 2.83 bits per heavy atom. The van der Waals surface area contributed by atoms with E-state index in [0.717, 1.165) is 28.4 Å². The summed E-state index contributed by atoms with van der Waals surface area (Å²) in [7, 11) is 0. The smallest absolute Gasteiger partial charge is 0.201 e. The van der Waals surface area contributed by atoms with Crippen LogP contribution >= 0.6 is 11.6 Å². The van der Waals surface area contributed by atoms with E-state index in [-0.39, 0.29) is 12.1 Å². The number of aromatic nitrogens is 3. The van der Waals surface area contributed by atoms with Gasteiger partial charge in [0.25, 0.3) is 0 Å². The van der Waals surface area contributed by atoms with Crippen molar-refractivity contribution in [3.8, 4) is 0 Å². The standard InChI is InChI=1S/C17H18ClN5/c1-8-6-9(2)14-12(7-8)20-17(22-14)23-15-10(3)19-11-4-5-13(18)21-16(11)15/h4-7,10,15,19H,1-3H3,(H2,20,22,23). The summed E-state index contributed by atoms with van der Waals surface area (Å²) in [5.74, 6) is 0.752. The van der Waals surface area contributed by atoms with Crippen molar-refractivity contribution in [1.82, 2.24) is 15.0 Å². The summed E-state index contributed by atoms with van der Waals surface area (Å²) in [6.45, 7) is 6.28. The minimum atomic E-state index is 0.0191. The molecule has 3 heterocycles. The molecule has 0 amide bonds. The van der Waals surface area contributed by atoms with E-state index in [2.05, 4.69) is 53.5 Å². The molecule has 3 N–H and O–H groups in total. The number of imidazole rings is 1. The summed E-state index contributed by atoms with van der Waals surface area (Å²) < 4.78 is 0. The number of nitrogens with one attached hydrogen (secondary N) is 3. The molecule has 5 nitrogen and oxygen atoms in total. The van der Waals surface area contributed by atoms with Crippen LogP contribution in [0.2, 0.25) is 5.15 Å². The fraction of sp³-hybridized carbons (Fsp3) is 0.294. The molecule has 118 valence electrons. The van der Waals surface area contributed by atoms with Crippen LogP contribution in [0.5, 0.6) is 0 Å². The highest BCUT2D eigenvalue weighted by atomic mass is 35.5. The average Bonchev–Trinajstić information content (AvgIpc) is 3.01. The molecule has 2 atom stereocenters. The first-order chi connectivity index (χ1) is 11.0. The highest BCUT2D eigenvalue weighted by molar-refractivity contribution is 6.29. The van der Waals surface area contributed by atoms with Crippen molar-refractivity contribution in [2.75, 3.05) is 10.6 Å². The number of aryl methyl sites for hydroxylation is 2. The lowest BCUT2D eigenvalue weighted by molar-refractivity contribution is 0.684. The zero-order valence-electron chi connectivity index (χ0n) is 13.2. The number of hydrogen-bond donors (Lipinski definition) is 3. The first-order valence-corrected chi connectivity index (χ1v) is 8.05. The van der Waals surface area contributed by atoms with E-state index < -0.39 is 0 Å². The molecule has 0 bridgehead atoms. The molecule has 1 aliphatic heterocycles. The Morgan fingerprint density at radius 2 is 2.00 bits per heavy atom. The van der Waals surface area contributed by atoms with Gasteiger partial charge in [-0.3, -0.25) is 0 Å². The molecule has 6 heteroatoms. The van der Waals surface area contributed by atoms with E-state index in [1.54, 1.807) is 6.07 Å². The molecular weight excluding hydrogens is 310 g/mol. The van der Waals surface area contributed by atoms with Crippen LogP contribution in [0.4, 0.5) is 11.6 Å². The Balaban J connectivity index is 1.71. The second-order valence-corrected chi connectivity index (χ2v) is 6.57. The molecule has 2 aromatic heterocycles. The van der Waals surface area contributed by atoms with Gasteiger partial charge in [-0.15, -0.1) is 0 Å². The van der Waals surface area contributed by atoms with E-state index >= 15 is 0 Å². The Hall–Kier alpha value is -2.27. The molecule has 3 aromatic rings. The molecule has 4 rings (SSSR count). The SMILES string of the molecule is Cc1cc(C)c2nc(NC3c4nc(Cl)ccc4NC3C)[nH]c2c1. The highest BCUT2D eigenvalue weighted by Gasteiger charge is 2.31. The summed E-state index contributed by atoms with van der Waals surface area (Å²) in [5, 5.41) is 7.39. The minimum absolute atomic E-state index is 0.0191. The van der Waals surface area contributed by atoms with E-state index in [9.17, 15) is 0 Å². The van der Waals surface area contributed by atoms with Gasteiger partial charge in [0.15, 0.2) is 0 Å². The van der Waals surface area contributed by atoms with Crippen LogP contribution in [0.15, 0.2) is 24.3 Å². The van der Waals surface area contributed by atoms with Gasteiger partial charge >= 0.3 is 0 Å². The van der Waals surface area contributed by atoms with E-state index in [1.165, 1.54) is 11.1 Å². The highest BCUT2D eigenvalue weighted by Crippen LogP contribution is 2.35. The van der Waals surface area contributed by atoms with Crippen molar-refractivity contribution in [2.45, 2.75) is 32.9 Å². The minimum Gasteiger partial charge on any atom is -0.379 e. The largest absolute Gasteiger partial charge is 0.379 e. The van der Waals surface area contributed by atoms with Crippen molar-refractivity contribution in [3.05, 3.63) is 46.2 Å². The third-order valence-corrected chi connectivity index (χ3v) is 4.49. The Bertz CT molecular complexity index is 901. The van der Waals surface area contributed by atoms with Gasteiger partial charge in [-0.1, -0.05) is 17.7 Å². The predicted molar refractivity (Wildman–Crippen MR) is 94.3 cm³/mol. The summed E-state index contributed by atoms with van der Waals surface area (Å²) in [5.41, 5.74) is 6.38. The first-order valence-electron chi connectivity index (χ1n) is 7.68. The number of aromatic amines is 1. The number of hydrogen-bond acceptors (Lipinski definition) is 4. The predicted octanol–water partition coefficient (Wildman–Crippen LogP) is 4.20. The maximum atomic E-state index is 6.05. The number of H-pyrrole nitrogens is 1. The summed E-state index contributed by atoms with van der Waals surface area (Å²) in [6.07, 6.45) is 0. The van der Waals surface area contributed by atoms with E-state index in [0.29, 0.717) is 5.15 Å². The van der Waals surface area contributed by atoms with Crippen LogP contribution in [-0.4, -0.2) is 21.0 Å². The lowest BCUT2D eigenvalue weighted by Crippen LogP contribution is -2.23. The van der Waals surface area contributed by atoms with Crippen LogP contribution in [0.25, 0.3) is 11.0 Å². The number of fused-ring (bicyclic) bond motifs is 2. The van der Waals surface area contributed by atoms with Crippen molar-refractivity contribution >= 4 is 34.3 Å². The quantitative estimate of drug-likeness (QED) is 0.617. The average molecular weight is 328 g/mol. The topological polar surface area (TPSA) is 65.6 Å². The third-order valence-electron chi connectivity index (χ3n) is 4.28. The second-order valence-electron chi connectivity index (χ2n) is 6.19. The molecule has 0 saturated carbocycles. The molecule has 0 saturated heterocycles. The lowest BCUT2D eigenvalue weighted by Gasteiger charge is -2.16. The van der Waals surface area contributed by atoms with Gasteiger partial charge in [-0.2, -0.15) is 0 Å². The molecular formula is C17H18ClN5. The van der Waals surface area contributed by atoms with Gasteiger partial charge in [0.05, 0.1) is 28.5 Å². The molecule has 0 aliphatic carbocycles. The zero-order valence-corrected chi connectivity index (χ0v) is 14.0. The number of benzene rings is 1. The zero-order chi connectivity index (χ0) is 16.1. The van der Waals surface area contributed by atoms with Crippen LogP contribution in [0, 0.1) is 13.8 Å². The van der Waals surface area contributed by atoms with Crippen molar-refractivity contribution in [3.63, 3.8) is 0 Å². The van der Waals surface area contributed by atoms with E-state index in [4.69, 9.17) is 16.6 Å². The maximum absolute atomic E-state index is 6.05. The van der Waals surface area contributed by atoms with Gasteiger partial charge in [0.2, 0.25) is 5.95 Å². The van der Waals surface area contributed by atoms with Gasteiger partial charge in [-0.05, 0) is 50.1 Å².